The highest BCUT2D eigenvalue weighted by atomic mass is 35.5. The Morgan fingerprint density at radius 1 is 1.50 bits per heavy atom. The number of hydrogen-bond donors (Lipinski definition) is 1. The van der Waals surface area contributed by atoms with Crippen LogP contribution in [0.1, 0.15) is 6.42 Å². The van der Waals surface area contributed by atoms with Gasteiger partial charge in [0, 0.05) is 25.3 Å². The van der Waals surface area contributed by atoms with Gasteiger partial charge in [0.05, 0.1) is 11.0 Å². The molecule has 0 aliphatic heterocycles. The summed E-state index contributed by atoms with van der Waals surface area (Å²) in [5.41, 5.74) is 1.55. The topological polar surface area (TPSA) is 47.0 Å². The van der Waals surface area contributed by atoms with Crippen molar-refractivity contribution in [2.45, 2.75) is 13.0 Å². The maximum absolute atomic E-state index is 11.7. The molecule has 0 fully saturated rings. The van der Waals surface area contributed by atoms with Gasteiger partial charge in [0.2, 0.25) is 0 Å². The summed E-state index contributed by atoms with van der Waals surface area (Å²) >= 11 is 5.86. The molecular weight excluding hydrogens is 228 g/mol. The van der Waals surface area contributed by atoms with Crippen molar-refractivity contribution in [3.05, 3.63) is 33.7 Å². The number of rotatable bonds is 4. The van der Waals surface area contributed by atoms with Crippen molar-refractivity contribution in [2.24, 2.45) is 0 Å². The van der Waals surface area contributed by atoms with E-state index in [2.05, 4.69) is 4.98 Å². The molecule has 86 valence electrons. The van der Waals surface area contributed by atoms with Crippen LogP contribution in [0.5, 0.6) is 0 Å². The summed E-state index contributed by atoms with van der Waals surface area (Å²) in [7, 11) is 1.65. The lowest BCUT2D eigenvalue weighted by Gasteiger charge is -2.02. The fraction of sp³-hybridized carbons (Fsp3) is 0.364. The van der Waals surface area contributed by atoms with Crippen molar-refractivity contribution in [1.82, 2.24) is 9.55 Å². The largest absolute Gasteiger partial charge is 0.385 e. The molecule has 0 saturated heterocycles. The van der Waals surface area contributed by atoms with Gasteiger partial charge in [-0.15, -0.1) is 0 Å². The maximum atomic E-state index is 11.7. The third kappa shape index (κ3) is 2.13. The molecule has 0 spiro atoms. The van der Waals surface area contributed by atoms with E-state index in [0.717, 1.165) is 17.5 Å². The van der Waals surface area contributed by atoms with Gasteiger partial charge in [0.15, 0.2) is 0 Å². The maximum Gasteiger partial charge on any atom is 0.326 e. The first-order valence-corrected chi connectivity index (χ1v) is 5.47. The molecule has 16 heavy (non-hydrogen) atoms. The number of methoxy groups -OCH3 is 1. The summed E-state index contributed by atoms with van der Waals surface area (Å²) in [6, 6.07) is 5.39. The summed E-state index contributed by atoms with van der Waals surface area (Å²) in [6.07, 6.45) is 0.811. The smallest absolute Gasteiger partial charge is 0.326 e. The minimum atomic E-state index is -0.103. The molecule has 0 aliphatic carbocycles. The van der Waals surface area contributed by atoms with Gasteiger partial charge >= 0.3 is 5.69 Å². The minimum Gasteiger partial charge on any atom is -0.385 e. The summed E-state index contributed by atoms with van der Waals surface area (Å²) in [6.45, 7) is 1.29. The molecule has 0 atom stereocenters. The van der Waals surface area contributed by atoms with Gasteiger partial charge in [-0.05, 0) is 24.6 Å². The van der Waals surface area contributed by atoms with Crippen molar-refractivity contribution >= 4 is 22.6 Å². The normalized spacial score (nSPS) is 11.1. The predicted octanol–water partition coefficient (Wildman–Crippen LogP) is 2.02. The monoisotopic (exact) mass is 240 g/mol. The van der Waals surface area contributed by atoms with E-state index in [1.54, 1.807) is 23.8 Å². The second-order valence-corrected chi connectivity index (χ2v) is 4.03. The number of aromatic nitrogens is 2. The molecular formula is C11H13ClN2O2. The lowest BCUT2D eigenvalue weighted by Crippen LogP contribution is -2.17. The van der Waals surface area contributed by atoms with E-state index in [9.17, 15) is 4.79 Å². The van der Waals surface area contributed by atoms with Crippen LogP contribution >= 0.6 is 11.6 Å². The lowest BCUT2D eigenvalue weighted by molar-refractivity contribution is 0.190. The highest BCUT2D eigenvalue weighted by Crippen LogP contribution is 2.16. The Hall–Kier alpha value is -1.26. The molecule has 2 rings (SSSR count). The Morgan fingerprint density at radius 2 is 2.31 bits per heavy atom. The quantitative estimate of drug-likeness (QED) is 0.832. The third-order valence-electron chi connectivity index (χ3n) is 2.47. The molecule has 5 heteroatoms. The van der Waals surface area contributed by atoms with Crippen LogP contribution in [0.4, 0.5) is 0 Å². The number of nitrogens with zero attached hydrogens (tertiary/aromatic N) is 1. The Kier molecular flexibility index (Phi) is 3.31. The fourth-order valence-corrected chi connectivity index (χ4v) is 1.90. The standard InChI is InChI=1S/C11H13ClN2O2/c1-16-6-2-5-14-10-4-3-8(12)7-9(10)13-11(14)15/h3-4,7H,2,5-6H2,1H3,(H,13,15). The van der Waals surface area contributed by atoms with E-state index in [4.69, 9.17) is 16.3 Å². The van der Waals surface area contributed by atoms with Crippen LogP contribution in [0.15, 0.2) is 23.0 Å². The van der Waals surface area contributed by atoms with Gasteiger partial charge in [0.1, 0.15) is 0 Å². The minimum absolute atomic E-state index is 0.103. The predicted molar refractivity (Wildman–Crippen MR) is 64.1 cm³/mol. The number of nitrogens with one attached hydrogen (secondary N) is 1. The van der Waals surface area contributed by atoms with Crippen LogP contribution in [0, 0.1) is 0 Å². The molecule has 1 N–H and O–H groups in total. The molecule has 1 aromatic heterocycles. The van der Waals surface area contributed by atoms with Gasteiger partial charge in [-0.2, -0.15) is 0 Å². The molecule has 0 amide bonds. The van der Waals surface area contributed by atoms with Gasteiger partial charge < -0.3 is 9.72 Å². The number of fused-ring (bicyclic) bond motifs is 1. The number of imidazole rings is 1. The van der Waals surface area contributed by atoms with E-state index >= 15 is 0 Å². The molecule has 0 unspecified atom stereocenters. The molecule has 0 aliphatic rings. The van der Waals surface area contributed by atoms with Crippen LogP contribution in [0.2, 0.25) is 5.02 Å². The van der Waals surface area contributed by atoms with E-state index < -0.39 is 0 Å². The Morgan fingerprint density at radius 3 is 3.06 bits per heavy atom. The van der Waals surface area contributed by atoms with E-state index in [-0.39, 0.29) is 5.69 Å². The van der Waals surface area contributed by atoms with E-state index in [1.807, 2.05) is 6.07 Å². The number of H-pyrrole nitrogens is 1. The summed E-state index contributed by atoms with van der Waals surface area (Å²) in [5, 5.41) is 0.623. The van der Waals surface area contributed by atoms with E-state index in [1.165, 1.54) is 0 Å². The first-order valence-electron chi connectivity index (χ1n) is 5.09. The lowest BCUT2D eigenvalue weighted by atomic mass is 10.3. The zero-order valence-electron chi connectivity index (χ0n) is 9.00. The molecule has 2 aromatic rings. The van der Waals surface area contributed by atoms with Gasteiger partial charge in [-0.25, -0.2) is 4.79 Å². The molecule has 1 aromatic carbocycles. The fourth-order valence-electron chi connectivity index (χ4n) is 1.72. The Labute approximate surface area is 97.8 Å². The molecule has 1 heterocycles. The third-order valence-corrected chi connectivity index (χ3v) is 2.70. The highest BCUT2D eigenvalue weighted by Gasteiger charge is 2.06. The van der Waals surface area contributed by atoms with Crippen molar-refractivity contribution in [3.8, 4) is 0 Å². The first kappa shape index (κ1) is 11.2. The summed E-state index contributed by atoms with van der Waals surface area (Å²) in [5.74, 6) is 0. The van der Waals surface area contributed by atoms with Crippen LogP contribution in [-0.4, -0.2) is 23.3 Å². The van der Waals surface area contributed by atoms with Gasteiger partial charge in [-0.3, -0.25) is 4.57 Å². The second kappa shape index (κ2) is 4.72. The van der Waals surface area contributed by atoms with Crippen LogP contribution in [0.3, 0.4) is 0 Å². The Bertz CT molecular complexity index is 544. The average molecular weight is 241 g/mol. The number of hydrogen-bond acceptors (Lipinski definition) is 2. The van der Waals surface area contributed by atoms with Crippen molar-refractivity contribution in [2.75, 3.05) is 13.7 Å². The number of benzene rings is 1. The number of aryl methyl sites for hydroxylation is 1. The second-order valence-electron chi connectivity index (χ2n) is 3.59. The van der Waals surface area contributed by atoms with Crippen LogP contribution in [-0.2, 0) is 11.3 Å². The van der Waals surface area contributed by atoms with Crippen molar-refractivity contribution < 1.29 is 4.74 Å². The summed E-state index contributed by atoms with van der Waals surface area (Å²) in [4.78, 5) is 14.4. The van der Waals surface area contributed by atoms with Crippen LogP contribution < -0.4 is 5.69 Å². The zero-order valence-corrected chi connectivity index (χ0v) is 9.75. The number of ether oxygens (including phenoxy) is 1. The number of halogens is 1. The van der Waals surface area contributed by atoms with Crippen molar-refractivity contribution in [3.63, 3.8) is 0 Å². The summed E-state index contributed by atoms with van der Waals surface area (Å²) < 4.78 is 6.66. The molecule has 0 radical (unpaired) electrons. The van der Waals surface area contributed by atoms with Crippen molar-refractivity contribution in [1.29, 1.82) is 0 Å². The molecule has 0 saturated carbocycles. The first-order chi connectivity index (χ1) is 7.72. The Balaban J connectivity index is 2.36. The molecule has 0 bridgehead atoms. The average Bonchev–Trinajstić information content (AvgIpc) is 2.55. The van der Waals surface area contributed by atoms with E-state index in [0.29, 0.717) is 18.2 Å². The highest BCUT2D eigenvalue weighted by molar-refractivity contribution is 6.31. The zero-order chi connectivity index (χ0) is 11.5. The van der Waals surface area contributed by atoms with Crippen LogP contribution in [0.25, 0.3) is 11.0 Å². The van der Waals surface area contributed by atoms with Gasteiger partial charge in [-0.1, -0.05) is 11.6 Å². The number of aromatic amines is 1. The SMILES string of the molecule is COCCCn1c(=O)[nH]c2cc(Cl)ccc21. The molecule has 4 nitrogen and oxygen atoms in total. The van der Waals surface area contributed by atoms with Gasteiger partial charge in [0.25, 0.3) is 0 Å².